The summed E-state index contributed by atoms with van der Waals surface area (Å²) in [5, 5.41) is 0. The maximum Gasteiger partial charge on any atom is 0.268 e. The van der Waals surface area contributed by atoms with Gasteiger partial charge < -0.3 is 10.5 Å². The Morgan fingerprint density at radius 3 is 2.71 bits per heavy atom. The molecule has 0 fully saturated rings. The molecule has 0 saturated heterocycles. The predicted octanol–water partition coefficient (Wildman–Crippen LogP) is 2.89. The molecule has 0 radical (unpaired) electrons. The quantitative estimate of drug-likeness (QED) is 0.862. The lowest BCUT2D eigenvalue weighted by Crippen LogP contribution is -2.44. The fourth-order valence-corrected chi connectivity index (χ4v) is 2.61. The van der Waals surface area contributed by atoms with E-state index >= 15 is 0 Å². The van der Waals surface area contributed by atoms with Gasteiger partial charge in [0.15, 0.2) is 6.10 Å². The second kappa shape index (κ2) is 5.13. The highest BCUT2D eigenvalue weighted by atomic mass is 16.5. The van der Waals surface area contributed by atoms with E-state index in [1.165, 1.54) is 0 Å². The van der Waals surface area contributed by atoms with E-state index in [0.717, 1.165) is 11.1 Å². The van der Waals surface area contributed by atoms with E-state index in [1.807, 2.05) is 43.3 Å². The smallest absolute Gasteiger partial charge is 0.268 e. The minimum Gasteiger partial charge on any atom is -0.479 e. The molecule has 2 aromatic rings. The Balaban J connectivity index is 2.05. The molecule has 3 rings (SSSR count). The maximum absolute atomic E-state index is 12.5. The second-order valence-corrected chi connectivity index (χ2v) is 5.30. The van der Waals surface area contributed by atoms with Crippen LogP contribution in [-0.4, -0.2) is 12.0 Å². The van der Waals surface area contributed by atoms with E-state index in [0.29, 0.717) is 23.7 Å². The Labute approximate surface area is 124 Å². The number of nitrogens with two attached hydrogens (primary N) is 1. The number of para-hydroxylation sites is 1. The summed E-state index contributed by atoms with van der Waals surface area (Å²) in [5.74, 6) is 0.597. The van der Waals surface area contributed by atoms with Gasteiger partial charge in [-0.1, -0.05) is 30.3 Å². The van der Waals surface area contributed by atoms with Crippen LogP contribution in [-0.2, 0) is 11.3 Å². The first-order valence-corrected chi connectivity index (χ1v) is 6.99. The van der Waals surface area contributed by atoms with Gasteiger partial charge in [0.25, 0.3) is 5.91 Å². The molecule has 1 aliphatic rings. The zero-order chi connectivity index (χ0) is 15.0. The van der Waals surface area contributed by atoms with Crippen LogP contribution in [0.5, 0.6) is 5.75 Å². The number of rotatable bonds is 2. The predicted molar refractivity (Wildman–Crippen MR) is 83.3 cm³/mol. The largest absolute Gasteiger partial charge is 0.479 e. The van der Waals surface area contributed by atoms with Gasteiger partial charge in [-0.2, -0.15) is 0 Å². The monoisotopic (exact) mass is 282 g/mol. The Bertz CT molecular complexity index is 697. The van der Waals surface area contributed by atoms with E-state index in [4.69, 9.17) is 10.5 Å². The van der Waals surface area contributed by atoms with Gasteiger partial charge in [-0.3, -0.25) is 9.69 Å². The first kappa shape index (κ1) is 13.5. The maximum atomic E-state index is 12.5. The summed E-state index contributed by atoms with van der Waals surface area (Å²) in [7, 11) is 0. The van der Waals surface area contributed by atoms with E-state index in [1.54, 1.807) is 17.9 Å². The van der Waals surface area contributed by atoms with E-state index < -0.39 is 6.10 Å². The van der Waals surface area contributed by atoms with Crippen LogP contribution in [0.1, 0.15) is 18.1 Å². The molecule has 1 aliphatic heterocycles. The van der Waals surface area contributed by atoms with Gasteiger partial charge in [0.1, 0.15) is 11.4 Å². The van der Waals surface area contributed by atoms with Crippen LogP contribution in [0.3, 0.4) is 0 Å². The molecule has 1 amide bonds. The number of carbonyl (C=O) groups excluding carboxylic acids is 1. The lowest BCUT2D eigenvalue weighted by atomic mass is 10.1. The van der Waals surface area contributed by atoms with Crippen molar-refractivity contribution in [3.05, 3.63) is 53.6 Å². The van der Waals surface area contributed by atoms with Gasteiger partial charge in [0.2, 0.25) is 0 Å². The van der Waals surface area contributed by atoms with Crippen LogP contribution in [0.4, 0.5) is 11.4 Å². The molecule has 0 spiro atoms. The van der Waals surface area contributed by atoms with E-state index in [-0.39, 0.29) is 5.91 Å². The average Bonchev–Trinajstić information content (AvgIpc) is 2.46. The van der Waals surface area contributed by atoms with Crippen LogP contribution in [0.25, 0.3) is 0 Å². The summed E-state index contributed by atoms with van der Waals surface area (Å²) in [4.78, 5) is 14.2. The molecule has 4 nitrogen and oxygen atoms in total. The highest BCUT2D eigenvalue weighted by molar-refractivity contribution is 6.02. The molecular weight excluding hydrogens is 264 g/mol. The third-order valence-electron chi connectivity index (χ3n) is 3.81. The normalized spacial score (nSPS) is 17.3. The van der Waals surface area contributed by atoms with Crippen LogP contribution < -0.4 is 15.4 Å². The first-order valence-electron chi connectivity index (χ1n) is 6.99. The SMILES string of the molecule is Cc1ccccc1CN1C(=O)C(C)Oc2cccc(N)c21. The molecule has 2 aromatic carbocycles. The minimum atomic E-state index is -0.497. The van der Waals surface area contributed by atoms with Crippen LogP contribution in [0.2, 0.25) is 0 Å². The summed E-state index contributed by atoms with van der Waals surface area (Å²) >= 11 is 0. The summed E-state index contributed by atoms with van der Waals surface area (Å²) in [5.41, 5.74) is 9.54. The zero-order valence-electron chi connectivity index (χ0n) is 12.2. The Kier molecular flexibility index (Phi) is 3.29. The molecule has 108 valence electrons. The molecule has 0 bridgehead atoms. The lowest BCUT2D eigenvalue weighted by molar-refractivity contribution is -0.125. The van der Waals surface area contributed by atoms with Crippen LogP contribution in [0, 0.1) is 6.92 Å². The summed E-state index contributed by atoms with van der Waals surface area (Å²) < 4.78 is 5.65. The number of ether oxygens (including phenoxy) is 1. The topological polar surface area (TPSA) is 55.6 Å². The van der Waals surface area contributed by atoms with Gasteiger partial charge in [0.05, 0.1) is 12.2 Å². The molecule has 1 heterocycles. The number of amides is 1. The van der Waals surface area contributed by atoms with Crippen molar-refractivity contribution in [2.45, 2.75) is 26.5 Å². The van der Waals surface area contributed by atoms with Crippen LogP contribution in [0.15, 0.2) is 42.5 Å². The lowest BCUT2D eigenvalue weighted by Gasteiger charge is -2.34. The minimum absolute atomic E-state index is 0.0661. The number of aryl methyl sites for hydroxylation is 1. The highest BCUT2D eigenvalue weighted by Crippen LogP contribution is 2.39. The molecule has 0 aromatic heterocycles. The Hall–Kier alpha value is -2.49. The number of nitrogen functional groups attached to an aromatic ring is 1. The Morgan fingerprint density at radius 1 is 1.19 bits per heavy atom. The fourth-order valence-electron chi connectivity index (χ4n) is 2.61. The number of anilines is 2. The van der Waals surface area contributed by atoms with Crippen molar-refractivity contribution in [1.82, 2.24) is 0 Å². The molecule has 1 atom stereocenters. The molecular formula is C17H18N2O2. The van der Waals surface area contributed by atoms with Gasteiger partial charge in [-0.25, -0.2) is 0 Å². The van der Waals surface area contributed by atoms with Gasteiger partial charge >= 0.3 is 0 Å². The summed E-state index contributed by atoms with van der Waals surface area (Å²) in [6.45, 7) is 4.30. The van der Waals surface area contributed by atoms with Gasteiger partial charge in [0, 0.05) is 0 Å². The first-order chi connectivity index (χ1) is 10.1. The molecule has 0 aliphatic carbocycles. The highest BCUT2D eigenvalue weighted by Gasteiger charge is 2.33. The number of hydrogen-bond acceptors (Lipinski definition) is 3. The molecule has 2 N–H and O–H groups in total. The van der Waals surface area contributed by atoms with Gasteiger partial charge in [-0.15, -0.1) is 0 Å². The number of fused-ring (bicyclic) bond motifs is 1. The van der Waals surface area contributed by atoms with Crippen molar-refractivity contribution in [2.24, 2.45) is 0 Å². The number of nitrogens with zero attached hydrogens (tertiary/aromatic N) is 1. The van der Waals surface area contributed by atoms with Gasteiger partial charge in [-0.05, 0) is 37.1 Å². The summed E-state index contributed by atoms with van der Waals surface area (Å²) in [6, 6.07) is 13.5. The Morgan fingerprint density at radius 2 is 1.95 bits per heavy atom. The standard InChI is InChI=1S/C17H18N2O2/c1-11-6-3-4-7-13(11)10-19-16-14(18)8-5-9-15(16)21-12(2)17(19)20/h3-9,12H,10,18H2,1-2H3. The van der Waals surface area contributed by atoms with Crippen molar-refractivity contribution in [3.8, 4) is 5.75 Å². The summed E-state index contributed by atoms with van der Waals surface area (Å²) in [6.07, 6.45) is -0.497. The van der Waals surface area contributed by atoms with Crippen LogP contribution >= 0.6 is 0 Å². The molecule has 21 heavy (non-hydrogen) atoms. The van der Waals surface area contributed by atoms with Crippen molar-refractivity contribution < 1.29 is 9.53 Å². The number of hydrogen-bond donors (Lipinski definition) is 1. The third-order valence-corrected chi connectivity index (χ3v) is 3.81. The third kappa shape index (κ3) is 2.33. The zero-order valence-corrected chi connectivity index (χ0v) is 12.2. The second-order valence-electron chi connectivity index (χ2n) is 5.30. The molecule has 4 heteroatoms. The van der Waals surface area contributed by atoms with E-state index in [2.05, 4.69) is 0 Å². The average molecular weight is 282 g/mol. The van der Waals surface area contributed by atoms with E-state index in [9.17, 15) is 4.79 Å². The molecule has 0 saturated carbocycles. The number of benzene rings is 2. The molecule has 1 unspecified atom stereocenters. The fraction of sp³-hybridized carbons (Fsp3) is 0.235. The van der Waals surface area contributed by atoms with Crippen molar-refractivity contribution in [2.75, 3.05) is 10.6 Å². The van der Waals surface area contributed by atoms with Crippen molar-refractivity contribution in [3.63, 3.8) is 0 Å². The van der Waals surface area contributed by atoms with Crippen molar-refractivity contribution in [1.29, 1.82) is 0 Å². The van der Waals surface area contributed by atoms with Crippen molar-refractivity contribution >= 4 is 17.3 Å². The number of carbonyl (C=O) groups is 1.